The second-order valence-corrected chi connectivity index (χ2v) is 5.41. The minimum absolute atomic E-state index is 0.161. The van der Waals surface area contributed by atoms with Gasteiger partial charge in [0.2, 0.25) is 0 Å². The number of nitriles is 1. The first-order valence-corrected chi connectivity index (χ1v) is 6.94. The van der Waals surface area contributed by atoms with Crippen molar-refractivity contribution in [1.82, 2.24) is 4.90 Å². The monoisotopic (exact) mass is 274 g/mol. The van der Waals surface area contributed by atoms with E-state index in [0.29, 0.717) is 18.0 Å². The third kappa shape index (κ3) is 6.35. The van der Waals surface area contributed by atoms with Crippen LogP contribution in [0.2, 0.25) is 0 Å². The first-order chi connectivity index (χ1) is 9.51. The fourth-order valence-electron chi connectivity index (χ4n) is 1.91. The van der Waals surface area contributed by atoms with Gasteiger partial charge in [-0.3, -0.25) is 9.69 Å². The second-order valence-electron chi connectivity index (χ2n) is 5.41. The zero-order chi connectivity index (χ0) is 15.0. The van der Waals surface area contributed by atoms with Gasteiger partial charge >= 0.3 is 5.97 Å². The fourth-order valence-corrected chi connectivity index (χ4v) is 1.91. The van der Waals surface area contributed by atoms with Crippen LogP contribution in [0.1, 0.15) is 37.8 Å². The lowest BCUT2D eigenvalue weighted by Gasteiger charge is -2.22. The summed E-state index contributed by atoms with van der Waals surface area (Å²) in [4.78, 5) is 12.9. The van der Waals surface area contributed by atoms with Crippen LogP contribution in [0.15, 0.2) is 24.3 Å². The van der Waals surface area contributed by atoms with Crippen LogP contribution in [0.5, 0.6) is 0 Å². The molecule has 108 valence electrons. The van der Waals surface area contributed by atoms with E-state index in [1.165, 1.54) is 0 Å². The number of hydrogen-bond acceptors (Lipinski definition) is 3. The Morgan fingerprint density at radius 3 is 2.45 bits per heavy atom. The smallest absolute Gasteiger partial charge is 0.304 e. The van der Waals surface area contributed by atoms with E-state index >= 15 is 0 Å². The lowest BCUT2D eigenvalue weighted by Crippen LogP contribution is -2.28. The highest BCUT2D eigenvalue weighted by atomic mass is 16.4. The van der Waals surface area contributed by atoms with E-state index < -0.39 is 5.97 Å². The fraction of sp³-hybridized carbons (Fsp3) is 0.500. The Bertz CT molecular complexity index is 460. The molecule has 4 nitrogen and oxygen atoms in total. The van der Waals surface area contributed by atoms with Gasteiger partial charge in [-0.25, -0.2) is 0 Å². The average molecular weight is 274 g/mol. The summed E-state index contributed by atoms with van der Waals surface area (Å²) in [5, 5.41) is 17.6. The van der Waals surface area contributed by atoms with Crippen LogP contribution in [-0.4, -0.2) is 29.1 Å². The van der Waals surface area contributed by atoms with Gasteiger partial charge in [0.25, 0.3) is 0 Å². The van der Waals surface area contributed by atoms with Crippen molar-refractivity contribution < 1.29 is 9.90 Å². The Hall–Kier alpha value is -1.86. The van der Waals surface area contributed by atoms with Gasteiger partial charge in [0.1, 0.15) is 0 Å². The molecule has 0 radical (unpaired) electrons. The molecule has 0 aliphatic heterocycles. The molecule has 0 aromatic heterocycles. The SMILES string of the molecule is CC(C)CCN(CCC(=O)O)Cc1ccc(C#N)cc1. The molecule has 0 aliphatic carbocycles. The van der Waals surface area contributed by atoms with Gasteiger partial charge in [-0.1, -0.05) is 26.0 Å². The molecule has 0 saturated carbocycles. The van der Waals surface area contributed by atoms with Crippen LogP contribution in [0.4, 0.5) is 0 Å². The third-order valence-electron chi connectivity index (χ3n) is 3.15. The van der Waals surface area contributed by atoms with Crippen molar-refractivity contribution in [2.24, 2.45) is 5.92 Å². The molecule has 0 aliphatic rings. The number of rotatable bonds is 8. The molecule has 1 aromatic carbocycles. The van der Waals surface area contributed by atoms with Crippen molar-refractivity contribution in [3.63, 3.8) is 0 Å². The Kier molecular flexibility index (Phi) is 6.75. The number of nitrogens with zero attached hydrogens (tertiary/aromatic N) is 2. The summed E-state index contributed by atoms with van der Waals surface area (Å²) in [5.74, 6) is -0.164. The van der Waals surface area contributed by atoms with Crippen molar-refractivity contribution in [3.05, 3.63) is 35.4 Å². The van der Waals surface area contributed by atoms with Crippen LogP contribution < -0.4 is 0 Å². The lowest BCUT2D eigenvalue weighted by atomic mass is 10.1. The van der Waals surface area contributed by atoms with Crippen LogP contribution in [0.3, 0.4) is 0 Å². The number of carboxylic acids is 1. The van der Waals surface area contributed by atoms with Crippen LogP contribution in [-0.2, 0) is 11.3 Å². The molecule has 0 bridgehead atoms. The van der Waals surface area contributed by atoms with Gasteiger partial charge in [-0.2, -0.15) is 5.26 Å². The van der Waals surface area contributed by atoms with Crippen molar-refractivity contribution >= 4 is 5.97 Å². The molecular formula is C16H22N2O2. The van der Waals surface area contributed by atoms with E-state index in [1.807, 2.05) is 12.1 Å². The van der Waals surface area contributed by atoms with Crippen LogP contribution in [0.25, 0.3) is 0 Å². The van der Waals surface area contributed by atoms with Crippen molar-refractivity contribution in [3.8, 4) is 6.07 Å². The molecule has 0 saturated heterocycles. The number of carboxylic acid groups (broad SMARTS) is 1. The largest absolute Gasteiger partial charge is 0.481 e. The molecule has 0 heterocycles. The Labute approximate surface area is 120 Å². The van der Waals surface area contributed by atoms with Crippen molar-refractivity contribution in [2.45, 2.75) is 33.2 Å². The molecule has 0 fully saturated rings. The number of hydrogen-bond donors (Lipinski definition) is 1. The summed E-state index contributed by atoms with van der Waals surface area (Å²) < 4.78 is 0. The van der Waals surface area contributed by atoms with E-state index in [-0.39, 0.29) is 6.42 Å². The summed E-state index contributed by atoms with van der Waals surface area (Å²) >= 11 is 0. The summed E-state index contributed by atoms with van der Waals surface area (Å²) in [6, 6.07) is 9.56. The van der Waals surface area contributed by atoms with Crippen LogP contribution in [0, 0.1) is 17.2 Å². The molecule has 0 unspecified atom stereocenters. The molecule has 20 heavy (non-hydrogen) atoms. The highest BCUT2D eigenvalue weighted by molar-refractivity contribution is 5.66. The molecule has 1 rings (SSSR count). The standard InChI is InChI=1S/C16H22N2O2/c1-13(2)7-9-18(10-8-16(19)20)12-15-5-3-14(11-17)4-6-15/h3-6,13H,7-10,12H2,1-2H3,(H,19,20). The molecule has 0 spiro atoms. The minimum Gasteiger partial charge on any atom is -0.481 e. The molecule has 0 amide bonds. The predicted octanol–water partition coefficient (Wildman–Crippen LogP) is 2.88. The molecule has 1 N–H and O–H groups in total. The highest BCUT2D eigenvalue weighted by Gasteiger charge is 2.09. The maximum atomic E-state index is 10.7. The molecule has 1 aromatic rings. The zero-order valence-electron chi connectivity index (χ0n) is 12.2. The topological polar surface area (TPSA) is 64.3 Å². The van der Waals surface area contributed by atoms with Gasteiger partial charge in [0, 0.05) is 13.1 Å². The Balaban J connectivity index is 2.61. The van der Waals surface area contributed by atoms with Crippen molar-refractivity contribution in [1.29, 1.82) is 5.26 Å². The number of carbonyl (C=O) groups is 1. The third-order valence-corrected chi connectivity index (χ3v) is 3.15. The quantitative estimate of drug-likeness (QED) is 0.791. The van der Waals surface area contributed by atoms with E-state index in [2.05, 4.69) is 24.8 Å². The van der Waals surface area contributed by atoms with Crippen molar-refractivity contribution in [2.75, 3.05) is 13.1 Å². The molecular weight excluding hydrogens is 252 g/mol. The number of aliphatic carboxylic acids is 1. The predicted molar refractivity (Wildman–Crippen MR) is 78.1 cm³/mol. The number of benzene rings is 1. The van der Waals surface area contributed by atoms with Gasteiger partial charge in [-0.05, 0) is 36.6 Å². The maximum Gasteiger partial charge on any atom is 0.304 e. The normalized spacial score (nSPS) is 10.8. The van der Waals surface area contributed by atoms with E-state index in [9.17, 15) is 4.79 Å². The molecule has 4 heteroatoms. The van der Waals surface area contributed by atoms with Gasteiger partial charge in [-0.15, -0.1) is 0 Å². The summed E-state index contributed by atoms with van der Waals surface area (Å²) in [5.41, 5.74) is 1.76. The van der Waals surface area contributed by atoms with E-state index in [0.717, 1.165) is 25.1 Å². The summed E-state index contributed by atoms with van der Waals surface area (Å²) in [6.45, 7) is 6.51. The summed E-state index contributed by atoms with van der Waals surface area (Å²) in [7, 11) is 0. The first kappa shape index (κ1) is 16.2. The highest BCUT2D eigenvalue weighted by Crippen LogP contribution is 2.10. The zero-order valence-corrected chi connectivity index (χ0v) is 12.2. The lowest BCUT2D eigenvalue weighted by molar-refractivity contribution is -0.137. The Morgan fingerprint density at radius 1 is 1.30 bits per heavy atom. The Morgan fingerprint density at radius 2 is 1.95 bits per heavy atom. The van der Waals surface area contributed by atoms with Gasteiger partial charge < -0.3 is 5.11 Å². The maximum absolute atomic E-state index is 10.7. The van der Waals surface area contributed by atoms with E-state index in [4.69, 9.17) is 10.4 Å². The second kappa shape index (κ2) is 8.34. The average Bonchev–Trinajstić information content (AvgIpc) is 2.42. The van der Waals surface area contributed by atoms with Gasteiger partial charge in [0.15, 0.2) is 0 Å². The van der Waals surface area contributed by atoms with Gasteiger partial charge in [0.05, 0.1) is 18.1 Å². The van der Waals surface area contributed by atoms with E-state index in [1.54, 1.807) is 12.1 Å². The molecule has 0 atom stereocenters. The minimum atomic E-state index is -0.764. The summed E-state index contributed by atoms with van der Waals surface area (Å²) in [6.07, 6.45) is 1.21. The first-order valence-electron chi connectivity index (χ1n) is 6.94. The van der Waals surface area contributed by atoms with Crippen LogP contribution >= 0.6 is 0 Å².